The van der Waals surface area contributed by atoms with E-state index in [2.05, 4.69) is 72.1 Å². The molecule has 1 fully saturated rings. The molecule has 1 aromatic heterocycles. The minimum absolute atomic E-state index is 0.659. The number of anilines is 2. The molecule has 0 amide bonds. The molecule has 2 heterocycles. The van der Waals surface area contributed by atoms with Crippen molar-refractivity contribution in [3.63, 3.8) is 0 Å². The number of rotatable bonds is 4. The van der Waals surface area contributed by atoms with Crippen LogP contribution in [0, 0.1) is 0 Å². The van der Waals surface area contributed by atoms with Crippen molar-refractivity contribution >= 4 is 11.6 Å². The van der Waals surface area contributed by atoms with Crippen LogP contribution in [0.3, 0.4) is 0 Å². The van der Waals surface area contributed by atoms with Crippen molar-refractivity contribution in [2.45, 2.75) is 25.3 Å². The van der Waals surface area contributed by atoms with Gasteiger partial charge in [-0.1, -0.05) is 12.1 Å². The van der Waals surface area contributed by atoms with E-state index < -0.39 is 0 Å². The monoisotopic (exact) mass is 339 g/mol. The molecule has 1 aliphatic rings. The van der Waals surface area contributed by atoms with Gasteiger partial charge >= 0.3 is 0 Å². The molecule has 0 N–H and O–H groups in total. The molecule has 1 atom stereocenters. The predicted octanol–water partition coefficient (Wildman–Crippen LogP) is 3.13. The number of hydrogen-bond donors (Lipinski definition) is 0. The van der Waals surface area contributed by atoms with E-state index in [9.17, 15) is 0 Å². The Balaban J connectivity index is 1.77. The molecule has 2 aromatic rings. The number of benzene rings is 1. The van der Waals surface area contributed by atoms with Gasteiger partial charge in [0, 0.05) is 50.7 Å². The van der Waals surface area contributed by atoms with Crippen LogP contribution < -0.4 is 9.80 Å². The van der Waals surface area contributed by atoms with Gasteiger partial charge in [-0.3, -0.25) is 0 Å². The zero-order valence-corrected chi connectivity index (χ0v) is 15.8. The molecular weight excluding hydrogens is 310 g/mol. The Morgan fingerprint density at radius 2 is 1.72 bits per heavy atom. The van der Waals surface area contributed by atoms with Gasteiger partial charge in [0.2, 0.25) is 5.95 Å². The van der Waals surface area contributed by atoms with E-state index in [0.717, 1.165) is 36.7 Å². The van der Waals surface area contributed by atoms with Gasteiger partial charge in [-0.15, -0.1) is 0 Å². The first-order valence-electron chi connectivity index (χ1n) is 9.07. The second kappa shape index (κ2) is 7.83. The summed E-state index contributed by atoms with van der Waals surface area (Å²) in [7, 11) is 8.46. The summed E-state index contributed by atoms with van der Waals surface area (Å²) in [4.78, 5) is 16.2. The predicted molar refractivity (Wildman–Crippen MR) is 105 cm³/mol. The van der Waals surface area contributed by atoms with E-state index in [4.69, 9.17) is 4.98 Å². The summed E-state index contributed by atoms with van der Waals surface area (Å²) in [5.74, 6) is 0.855. The van der Waals surface area contributed by atoms with Crippen LogP contribution in [0.15, 0.2) is 36.5 Å². The molecule has 1 saturated heterocycles. The van der Waals surface area contributed by atoms with Gasteiger partial charge in [-0.05, 0) is 51.6 Å². The van der Waals surface area contributed by atoms with E-state index in [1.54, 1.807) is 0 Å². The molecule has 0 bridgehead atoms. The third-order valence-corrected chi connectivity index (χ3v) is 5.03. The van der Waals surface area contributed by atoms with Crippen molar-refractivity contribution in [3.8, 4) is 11.3 Å². The van der Waals surface area contributed by atoms with Crippen molar-refractivity contribution in [3.05, 3.63) is 36.5 Å². The highest BCUT2D eigenvalue weighted by molar-refractivity contribution is 5.63. The Labute approximate surface area is 151 Å². The van der Waals surface area contributed by atoms with Gasteiger partial charge in [0.25, 0.3) is 0 Å². The second-order valence-corrected chi connectivity index (χ2v) is 7.22. The maximum Gasteiger partial charge on any atom is 0.225 e. The van der Waals surface area contributed by atoms with Crippen LogP contribution in [0.5, 0.6) is 0 Å². The molecule has 0 saturated carbocycles. The average Bonchev–Trinajstić information content (AvgIpc) is 2.88. The Kier molecular flexibility index (Phi) is 5.53. The normalized spacial score (nSPS) is 18.3. The first kappa shape index (κ1) is 17.7. The van der Waals surface area contributed by atoms with Crippen LogP contribution in [-0.4, -0.2) is 62.2 Å². The number of aromatic nitrogens is 2. The van der Waals surface area contributed by atoms with Crippen LogP contribution >= 0.6 is 0 Å². The largest absolute Gasteiger partial charge is 0.378 e. The molecule has 1 aromatic carbocycles. The lowest BCUT2D eigenvalue weighted by Crippen LogP contribution is -2.30. The fourth-order valence-corrected chi connectivity index (χ4v) is 3.39. The Morgan fingerprint density at radius 3 is 2.40 bits per heavy atom. The topological polar surface area (TPSA) is 35.5 Å². The molecule has 5 heteroatoms. The van der Waals surface area contributed by atoms with Gasteiger partial charge in [0.1, 0.15) is 0 Å². The van der Waals surface area contributed by atoms with E-state index in [1.807, 2.05) is 12.3 Å². The van der Waals surface area contributed by atoms with E-state index in [1.165, 1.54) is 18.5 Å². The molecule has 3 rings (SSSR count). The lowest BCUT2D eigenvalue weighted by molar-refractivity contribution is 0.272. The Bertz CT molecular complexity index is 681. The van der Waals surface area contributed by atoms with Crippen LogP contribution in [0.2, 0.25) is 0 Å². The maximum absolute atomic E-state index is 4.84. The second-order valence-electron chi connectivity index (χ2n) is 7.22. The third kappa shape index (κ3) is 4.28. The quantitative estimate of drug-likeness (QED) is 0.855. The summed E-state index contributed by atoms with van der Waals surface area (Å²) in [5.41, 5.74) is 3.32. The first-order valence-corrected chi connectivity index (χ1v) is 9.07. The van der Waals surface area contributed by atoms with Crippen molar-refractivity contribution in [2.75, 3.05) is 51.1 Å². The van der Waals surface area contributed by atoms with Crippen LogP contribution in [0.25, 0.3) is 11.3 Å². The van der Waals surface area contributed by atoms with E-state index in [-0.39, 0.29) is 0 Å². The molecule has 1 unspecified atom stereocenters. The number of nitrogens with zero attached hydrogens (tertiary/aromatic N) is 5. The van der Waals surface area contributed by atoms with Gasteiger partial charge in [0.05, 0.1) is 5.69 Å². The summed E-state index contributed by atoms with van der Waals surface area (Å²) in [6.45, 7) is 2.05. The van der Waals surface area contributed by atoms with Crippen molar-refractivity contribution in [1.29, 1.82) is 0 Å². The highest BCUT2D eigenvalue weighted by Crippen LogP contribution is 2.23. The van der Waals surface area contributed by atoms with Crippen molar-refractivity contribution in [1.82, 2.24) is 14.9 Å². The minimum atomic E-state index is 0.659. The summed E-state index contributed by atoms with van der Waals surface area (Å²) in [5, 5.41) is 0. The highest BCUT2D eigenvalue weighted by atomic mass is 15.3. The van der Waals surface area contributed by atoms with Gasteiger partial charge < -0.3 is 14.7 Å². The molecular formula is C20H29N5. The fourth-order valence-electron chi connectivity index (χ4n) is 3.39. The summed E-state index contributed by atoms with van der Waals surface area (Å²) < 4.78 is 0. The Hall–Kier alpha value is -2.14. The highest BCUT2D eigenvalue weighted by Gasteiger charge is 2.20. The fraction of sp³-hybridized carbons (Fsp3) is 0.500. The van der Waals surface area contributed by atoms with Gasteiger partial charge in [-0.25, -0.2) is 9.97 Å². The van der Waals surface area contributed by atoms with Crippen LogP contribution in [-0.2, 0) is 0 Å². The molecule has 25 heavy (non-hydrogen) atoms. The summed E-state index contributed by atoms with van der Waals surface area (Å²) in [6.07, 6.45) is 5.48. The molecule has 0 spiro atoms. The average molecular weight is 339 g/mol. The molecule has 5 nitrogen and oxygen atoms in total. The molecule has 0 aliphatic carbocycles. The smallest absolute Gasteiger partial charge is 0.225 e. The van der Waals surface area contributed by atoms with Crippen molar-refractivity contribution in [2.24, 2.45) is 0 Å². The SMILES string of the molecule is CN(C)c1ccc(-c2ccnc(N3CCCC(N(C)C)CC3)n2)cc1. The lowest BCUT2D eigenvalue weighted by Gasteiger charge is -2.23. The summed E-state index contributed by atoms with van der Waals surface area (Å²) in [6, 6.07) is 11.2. The first-order chi connectivity index (χ1) is 12.0. The van der Waals surface area contributed by atoms with Crippen molar-refractivity contribution < 1.29 is 0 Å². The molecule has 1 aliphatic heterocycles. The van der Waals surface area contributed by atoms with E-state index in [0.29, 0.717) is 6.04 Å². The third-order valence-electron chi connectivity index (χ3n) is 5.03. The van der Waals surface area contributed by atoms with Gasteiger partial charge in [-0.2, -0.15) is 0 Å². The molecule has 0 radical (unpaired) electrons. The van der Waals surface area contributed by atoms with Crippen LogP contribution in [0.4, 0.5) is 11.6 Å². The maximum atomic E-state index is 4.84. The Morgan fingerprint density at radius 1 is 0.960 bits per heavy atom. The summed E-state index contributed by atoms with van der Waals surface area (Å²) >= 11 is 0. The standard InChI is InChI=1S/C20H29N5/c1-23(2)17-6-5-14-25(15-12-17)20-21-13-11-19(22-20)16-7-9-18(10-8-16)24(3)4/h7-11,13,17H,5-6,12,14-15H2,1-4H3. The zero-order chi connectivity index (χ0) is 17.8. The van der Waals surface area contributed by atoms with Gasteiger partial charge in [0.15, 0.2) is 0 Å². The minimum Gasteiger partial charge on any atom is -0.378 e. The van der Waals surface area contributed by atoms with Crippen LogP contribution in [0.1, 0.15) is 19.3 Å². The van der Waals surface area contributed by atoms with E-state index >= 15 is 0 Å². The number of hydrogen-bond acceptors (Lipinski definition) is 5. The molecule has 134 valence electrons. The zero-order valence-electron chi connectivity index (χ0n) is 15.8. The lowest BCUT2D eigenvalue weighted by atomic mass is 10.1.